The van der Waals surface area contributed by atoms with Crippen molar-refractivity contribution in [2.24, 2.45) is 0 Å². The van der Waals surface area contributed by atoms with E-state index >= 15 is 0 Å². The molecule has 0 radical (unpaired) electrons. The Balaban J connectivity index is 2.15. The number of benzene rings is 2. The van der Waals surface area contributed by atoms with Crippen LogP contribution in [0.2, 0.25) is 0 Å². The average Bonchev–Trinajstić information content (AvgIpc) is 2.44. The maximum absolute atomic E-state index is 12.4. The van der Waals surface area contributed by atoms with Crippen LogP contribution in [0.25, 0.3) is 0 Å². The summed E-state index contributed by atoms with van der Waals surface area (Å²) in [4.78, 5) is 0. The van der Waals surface area contributed by atoms with Gasteiger partial charge in [-0.2, -0.15) is 0 Å². The summed E-state index contributed by atoms with van der Waals surface area (Å²) < 4.78 is 82.8. The molecule has 0 aliphatic heterocycles. The Morgan fingerprint density at radius 2 is 0.917 bits per heavy atom. The van der Waals surface area contributed by atoms with E-state index in [-0.39, 0.29) is 11.5 Å². The van der Waals surface area contributed by atoms with E-state index in [1.54, 1.807) is 12.1 Å². The van der Waals surface area contributed by atoms with Crippen molar-refractivity contribution in [1.29, 1.82) is 0 Å². The fraction of sp³-hybridized carbons (Fsp3) is 0.143. The van der Waals surface area contributed by atoms with Crippen molar-refractivity contribution in [2.75, 3.05) is 0 Å². The minimum absolute atomic E-state index is 0.323. The molecule has 2 aromatic rings. The van der Waals surface area contributed by atoms with Crippen LogP contribution in [0.15, 0.2) is 48.5 Å². The number of alkyl halides is 6. The second-order valence-electron chi connectivity index (χ2n) is 4.16. The van der Waals surface area contributed by atoms with Gasteiger partial charge in [0.2, 0.25) is 0 Å². The first-order valence-corrected chi connectivity index (χ1v) is 12.2. The number of para-hydroxylation sites is 2. The van der Waals surface area contributed by atoms with Crippen molar-refractivity contribution in [3.63, 3.8) is 0 Å². The number of hydrogen-bond donors (Lipinski definition) is 0. The van der Waals surface area contributed by atoms with Crippen LogP contribution in [0.5, 0.6) is 11.5 Å². The zero-order valence-corrected chi connectivity index (χ0v) is 14.9. The minimum atomic E-state index is -4.82. The van der Waals surface area contributed by atoms with Gasteiger partial charge in [-0.15, -0.1) is 0 Å². The molecule has 0 aromatic heterocycles. The molecular formula is C14H8F6O2Se2. The fourth-order valence-corrected chi connectivity index (χ4v) is 8.25. The molecule has 0 aliphatic rings. The summed E-state index contributed by atoms with van der Waals surface area (Å²) in [5.41, 5.74) is 0. The third-order valence-corrected chi connectivity index (χ3v) is 9.54. The summed E-state index contributed by atoms with van der Waals surface area (Å²) in [6, 6.07) is 11.2. The van der Waals surface area contributed by atoms with Gasteiger partial charge >= 0.3 is 144 Å². The second-order valence-corrected chi connectivity index (χ2v) is 10.3. The molecule has 0 unspecified atom stereocenters. The second kappa shape index (κ2) is 7.70. The summed E-state index contributed by atoms with van der Waals surface area (Å²) in [7, 11) is 0. The first-order valence-electron chi connectivity index (χ1n) is 6.18. The van der Waals surface area contributed by atoms with Gasteiger partial charge in [0.15, 0.2) is 0 Å². The van der Waals surface area contributed by atoms with E-state index in [0.29, 0.717) is 8.92 Å². The Hall–Kier alpha value is -1.34. The molecule has 0 saturated carbocycles. The molecule has 0 aliphatic carbocycles. The molecular weight excluding hydrogens is 472 g/mol. The SMILES string of the molecule is FC(F)(F)Oc1ccccc1[Se][Se]c1ccccc1OC(F)(F)F. The van der Waals surface area contributed by atoms with Crippen LogP contribution in [0, 0.1) is 0 Å². The van der Waals surface area contributed by atoms with E-state index in [0.717, 1.165) is 0 Å². The van der Waals surface area contributed by atoms with E-state index in [9.17, 15) is 26.3 Å². The van der Waals surface area contributed by atoms with Crippen LogP contribution in [-0.2, 0) is 0 Å². The van der Waals surface area contributed by atoms with E-state index in [1.165, 1.54) is 36.4 Å². The predicted octanol–water partition coefficient (Wildman–Crippen LogP) is 2.76. The van der Waals surface area contributed by atoms with Crippen molar-refractivity contribution >= 4 is 35.2 Å². The quantitative estimate of drug-likeness (QED) is 0.485. The van der Waals surface area contributed by atoms with Crippen molar-refractivity contribution in [3.8, 4) is 11.5 Å². The van der Waals surface area contributed by atoms with Crippen molar-refractivity contribution in [1.82, 2.24) is 0 Å². The van der Waals surface area contributed by atoms with Crippen LogP contribution in [0.4, 0.5) is 26.3 Å². The Morgan fingerprint density at radius 1 is 0.583 bits per heavy atom. The number of hydrogen-bond acceptors (Lipinski definition) is 2. The molecule has 130 valence electrons. The molecule has 0 spiro atoms. The van der Waals surface area contributed by atoms with Gasteiger partial charge in [-0.25, -0.2) is 0 Å². The monoisotopic (exact) mass is 482 g/mol. The summed E-state index contributed by atoms with van der Waals surface area (Å²) >= 11 is -1.03. The van der Waals surface area contributed by atoms with Crippen LogP contribution < -0.4 is 18.4 Å². The fourth-order valence-electron chi connectivity index (χ4n) is 1.55. The summed E-state index contributed by atoms with van der Waals surface area (Å²) in [5.74, 6) is -0.665. The standard InChI is InChI=1S/C14H8F6O2Se2/c15-13(16,17)21-9-5-1-3-7-11(9)23-24-12-8-4-2-6-10(12)22-14(18,19)20/h1-8H. The molecule has 2 nitrogen and oxygen atoms in total. The van der Waals surface area contributed by atoms with Gasteiger partial charge in [0.05, 0.1) is 0 Å². The van der Waals surface area contributed by atoms with Crippen LogP contribution in [-0.4, -0.2) is 39.0 Å². The molecule has 0 heterocycles. The Kier molecular flexibility index (Phi) is 6.09. The van der Waals surface area contributed by atoms with Gasteiger partial charge in [0, 0.05) is 0 Å². The maximum atomic E-state index is 12.4. The molecule has 2 rings (SSSR count). The summed E-state index contributed by atoms with van der Waals surface area (Å²) in [5, 5.41) is 0. The van der Waals surface area contributed by atoms with Gasteiger partial charge in [0.1, 0.15) is 0 Å². The molecule has 0 bridgehead atoms. The topological polar surface area (TPSA) is 18.5 Å². The van der Waals surface area contributed by atoms with Crippen molar-refractivity contribution < 1.29 is 35.8 Å². The molecule has 0 fully saturated rings. The molecule has 0 saturated heterocycles. The molecule has 0 atom stereocenters. The Labute approximate surface area is 144 Å². The van der Waals surface area contributed by atoms with Crippen LogP contribution in [0.1, 0.15) is 0 Å². The Bertz CT molecular complexity index is 628. The zero-order chi connectivity index (χ0) is 17.8. The molecule has 2 aromatic carbocycles. The van der Waals surface area contributed by atoms with E-state index in [2.05, 4.69) is 9.47 Å². The summed E-state index contributed by atoms with van der Waals surface area (Å²) in [6.45, 7) is 0. The molecule has 10 heteroatoms. The van der Waals surface area contributed by atoms with Gasteiger partial charge in [0.25, 0.3) is 0 Å². The van der Waals surface area contributed by atoms with Crippen molar-refractivity contribution in [2.45, 2.75) is 12.7 Å². The van der Waals surface area contributed by atoms with E-state index in [4.69, 9.17) is 0 Å². The van der Waals surface area contributed by atoms with Crippen LogP contribution >= 0.6 is 0 Å². The van der Waals surface area contributed by atoms with Crippen molar-refractivity contribution in [3.05, 3.63) is 48.5 Å². The van der Waals surface area contributed by atoms with Gasteiger partial charge in [-0.05, 0) is 0 Å². The molecule has 0 amide bonds. The normalized spacial score (nSPS) is 12.1. The average molecular weight is 480 g/mol. The first-order chi connectivity index (χ1) is 11.1. The molecule has 24 heavy (non-hydrogen) atoms. The number of ether oxygens (including phenoxy) is 2. The Morgan fingerprint density at radius 3 is 1.25 bits per heavy atom. The van der Waals surface area contributed by atoms with Crippen LogP contribution in [0.3, 0.4) is 0 Å². The predicted molar refractivity (Wildman–Crippen MR) is 77.0 cm³/mol. The number of halogens is 6. The van der Waals surface area contributed by atoms with Gasteiger partial charge in [-0.1, -0.05) is 0 Å². The zero-order valence-electron chi connectivity index (χ0n) is 11.5. The third kappa shape index (κ3) is 6.28. The van der Waals surface area contributed by atoms with E-state index in [1.807, 2.05) is 0 Å². The van der Waals surface area contributed by atoms with E-state index < -0.39 is 39.0 Å². The third-order valence-electron chi connectivity index (χ3n) is 2.37. The first kappa shape index (κ1) is 19.0. The molecule has 0 N–H and O–H groups in total. The van der Waals surface area contributed by atoms with Gasteiger partial charge in [-0.3, -0.25) is 0 Å². The van der Waals surface area contributed by atoms with Gasteiger partial charge < -0.3 is 0 Å². The number of rotatable bonds is 5. The summed E-state index contributed by atoms with van der Waals surface area (Å²) in [6.07, 6.45) is -9.65.